The summed E-state index contributed by atoms with van der Waals surface area (Å²) < 4.78 is 0. The third-order valence-corrected chi connectivity index (χ3v) is 2.35. The van der Waals surface area contributed by atoms with Gasteiger partial charge in [0.1, 0.15) is 12.7 Å². The van der Waals surface area contributed by atoms with E-state index < -0.39 is 10.5 Å². The van der Waals surface area contributed by atoms with Crippen molar-refractivity contribution in [1.82, 2.24) is 10.1 Å². The largest absolute Gasteiger partial charge is 0.393 e. The molecule has 0 aliphatic rings. The van der Waals surface area contributed by atoms with Gasteiger partial charge in [-0.1, -0.05) is 25.3 Å². The molecule has 0 heterocycles. The lowest BCUT2D eigenvalue weighted by molar-refractivity contribution is -0.0939. The van der Waals surface area contributed by atoms with E-state index in [-0.39, 0.29) is 30.7 Å². The highest BCUT2D eigenvalue weighted by Crippen LogP contribution is 2.02. The predicted octanol–water partition coefficient (Wildman–Crippen LogP) is 1.89. The summed E-state index contributed by atoms with van der Waals surface area (Å²) >= 11 is 7.13. The molecule has 0 aliphatic heterocycles. The van der Waals surface area contributed by atoms with Gasteiger partial charge in [-0.25, -0.2) is 0 Å². The molecule has 0 rings (SSSR count). The van der Waals surface area contributed by atoms with Gasteiger partial charge in [-0.3, -0.25) is 19.3 Å². The summed E-state index contributed by atoms with van der Waals surface area (Å²) in [5, 5.41) is 7.15. The van der Waals surface area contributed by atoms with Crippen molar-refractivity contribution in [3.8, 4) is 0 Å². The van der Waals surface area contributed by atoms with Gasteiger partial charge in [0.2, 0.25) is 0 Å². The number of carbonyl (C=O) groups excluding carboxylic acids is 2. The minimum absolute atomic E-state index is 0.125. The number of thiol groups is 2. The van der Waals surface area contributed by atoms with Gasteiger partial charge in [0, 0.05) is 0 Å². The maximum Gasteiger partial charge on any atom is 0.309 e. The molecule has 0 saturated carbocycles. The number of nitrogens with two attached hydrogens (primary N) is 2. The van der Waals surface area contributed by atoms with Crippen LogP contribution in [0.5, 0.6) is 0 Å². The molecule has 0 fully saturated rings. The van der Waals surface area contributed by atoms with E-state index in [9.17, 15) is 9.59 Å². The van der Waals surface area contributed by atoms with Crippen LogP contribution in [0.4, 0.5) is 9.59 Å². The summed E-state index contributed by atoms with van der Waals surface area (Å²) in [6.45, 7) is 11.2. The molecule has 0 bridgehead atoms. The van der Waals surface area contributed by atoms with Gasteiger partial charge in [0.15, 0.2) is 0 Å². The second-order valence-corrected chi connectivity index (χ2v) is 5.96. The van der Waals surface area contributed by atoms with Crippen LogP contribution in [0.1, 0.15) is 41.5 Å². The van der Waals surface area contributed by atoms with E-state index in [0.717, 1.165) is 10.1 Å². The Labute approximate surface area is 175 Å². The Morgan fingerprint density at radius 3 is 1.75 bits per heavy atom. The van der Waals surface area contributed by atoms with E-state index in [0.29, 0.717) is 6.61 Å². The van der Waals surface area contributed by atoms with Gasteiger partial charge in [-0.05, 0) is 51.9 Å². The van der Waals surface area contributed by atoms with Crippen molar-refractivity contribution >= 4 is 47.7 Å². The lowest BCUT2D eigenvalue weighted by atomic mass is 10.5. The highest BCUT2D eigenvalue weighted by molar-refractivity contribution is 7.96. The molecule has 0 aliphatic carbocycles. The van der Waals surface area contributed by atoms with Gasteiger partial charge in [-0.15, -0.1) is 10.1 Å². The maximum absolute atomic E-state index is 11.0. The van der Waals surface area contributed by atoms with Crippen molar-refractivity contribution < 1.29 is 28.9 Å². The Balaban J connectivity index is 0. The molecule has 2 amide bonds. The van der Waals surface area contributed by atoms with E-state index in [1.807, 2.05) is 0 Å². The number of hydrogen-bond donors (Lipinski definition) is 4. The number of hydroxylamine groups is 4. The Hall–Kier alpha value is -1.90. The molecule has 0 aromatic heterocycles. The Kier molecular flexibility index (Phi) is 16.3. The number of nitrogens with zero attached hydrogens (tertiary/aromatic N) is 4. The Morgan fingerprint density at radius 1 is 0.893 bits per heavy atom. The Morgan fingerprint density at radius 2 is 1.39 bits per heavy atom. The minimum atomic E-state index is -0.655. The number of rotatable bonds is 8. The molecule has 0 aromatic rings. The molecule has 0 atom stereocenters. The first-order chi connectivity index (χ1) is 13.0. The van der Waals surface area contributed by atoms with Crippen molar-refractivity contribution in [2.24, 2.45) is 21.8 Å². The van der Waals surface area contributed by atoms with Crippen molar-refractivity contribution in [2.45, 2.75) is 53.8 Å². The summed E-state index contributed by atoms with van der Waals surface area (Å²) in [6.07, 6.45) is -0.339. The first-order valence-electron chi connectivity index (χ1n) is 8.28. The van der Waals surface area contributed by atoms with E-state index >= 15 is 0 Å². The SMILES string of the molecule is CC(C)ON=C(N)N(OC(C)C)C(=O)S.CCON=C(N)N(OCC)C(=O)S. The number of guanidine groups is 2. The van der Waals surface area contributed by atoms with E-state index in [1.54, 1.807) is 41.5 Å². The minimum Gasteiger partial charge on any atom is -0.393 e. The van der Waals surface area contributed by atoms with Gasteiger partial charge in [0.25, 0.3) is 11.9 Å². The van der Waals surface area contributed by atoms with Crippen LogP contribution in [-0.2, 0) is 19.4 Å². The van der Waals surface area contributed by atoms with Gasteiger partial charge in [-0.2, -0.15) is 0 Å². The highest BCUT2D eigenvalue weighted by Gasteiger charge is 2.17. The van der Waals surface area contributed by atoms with Crippen LogP contribution in [0.25, 0.3) is 0 Å². The monoisotopic (exact) mass is 442 g/mol. The predicted molar refractivity (Wildman–Crippen MR) is 111 cm³/mol. The van der Waals surface area contributed by atoms with Crippen LogP contribution in [0.2, 0.25) is 0 Å². The van der Waals surface area contributed by atoms with Crippen LogP contribution in [0, 0.1) is 0 Å². The second-order valence-electron chi connectivity index (χ2n) is 5.20. The van der Waals surface area contributed by atoms with E-state index in [1.165, 1.54) is 0 Å². The summed E-state index contributed by atoms with van der Waals surface area (Å²) in [5.74, 6) is -0.360. The van der Waals surface area contributed by atoms with Crippen LogP contribution in [0.15, 0.2) is 10.3 Å². The van der Waals surface area contributed by atoms with Gasteiger partial charge >= 0.3 is 10.5 Å². The van der Waals surface area contributed by atoms with Crippen LogP contribution < -0.4 is 11.5 Å². The second kappa shape index (κ2) is 16.1. The normalized spacial score (nSPS) is 11.6. The molecule has 0 radical (unpaired) electrons. The van der Waals surface area contributed by atoms with Crippen LogP contribution >= 0.6 is 25.3 Å². The van der Waals surface area contributed by atoms with E-state index in [2.05, 4.69) is 40.4 Å². The van der Waals surface area contributed by atoms with Gasteiger partial charge < -0.3 is 21.1 Å². The zero-order chi connectivity index (χ0) is 22.3. The number of hydrogen-bond acceptors (Lipinski definition) is 8. The third kappa shape index (κ3) is 14.2. The molecular weight excluding hydrogens is 412 g/mol. The van der Waals surface area contributed by atoms with Crippen LogP contribution in [0.3, 0.4) is 0 Å². The summed E-state index contributed by atoms with van der Waals surface area (Å²) in [4.78, 5) is 41.2. The average molecular weight is 443 g/mol. The zero-order valence-electron chi connectivity index (χ0n) is 16.9. The maximum atomic E-state index is 11.0. The quantitative estimate of drug-likeness (QED) is 0.192. The third-order valence-electron chi connectivity index (χ3n) is 1.98. The molecule has 0 aromatic carbocycles. The topological polar surface area (TPSA) is 154 Å². The van der Waals surface area contributed by atoms with Crippen molar-refractivity contribution in [2.75, 3.05) is 13.2 Å². The first-order valence-corrected chi connectivity index (χ1v) is 9.17. The zero-order valence-corrected chi connectivity index (χ0v) is 18.6. The fraction of sp³-hybridized carbons (Fsp3) is 0.714. The standard InChI is InChI=1S/C8H17N3O3S.C6H13N3O3S/c1-5(2)13-10-7(9)11(8(12)15)14-6(3)4;1-3-11-8-5(7)9(6(10)13)12-4-2/h5-6H,1-4H3,(H2,9,10)(H,12,15);3-4H2,1-2H3,(H2,7,8)(H,10,13). The van der Waals surface area contributed by atoms with Crippen LogP contribution in [-0.4, -0.2) is 57.9 Å². The van der Waals surface area contributed by atoms with Crippen molar-refractivity contribution in [1.29, 1.82) is 0 Å². The molecule has 12 nitrogen and oxygen atoms in total. The van der Waals surface area contributed by atoms with E-state index in [4.69, 9.17) is 26.0 Å². The Bertz CT molecular complexity index is 532. The van der Waals surface area contributed by atoms with Crippen molar-refractivity contribution in [3.63, 3.8) is 0 Å². The lowest BCUT2D eigenvalue weighted by Gasteiger charge is -2.20. The van der Waals surface area contributed by atoms with Gasteiger partial charge in [0.05, 0.1) is 12.7 Å². The number of oxime groups is 2. The molecule has 28 heavy (non-hydrogen) atoms. The first kappa shape index (κ1) is 28.3. The smallest absolute Gasteiger partial charge is 0.309 e. The fourth-order valence-corrected chi connectivity index (χ4v) is 1.43. The molecular formula is C14H30N6O6S2. The number of amides is 2. The lowest BCUT2D eigenvalue weighted by Crippen LogP contribution is -2.41. The summed E-state index contributed by atoms with van der Waals surface area (Å²) in [6, 6.07) is 0. The molecule has 0 spiro atoms. The molecule has 164 valence electrons. The average Bonchev–Trinajstić information content (AvgIpc) is 2.59. The van der Waals surface area contributed by atoms with Crippen molar-refractivity contribution in [3.05, 3.63) is 0 Å². The summed E-state index contributed by atoms with van der Waals surface area (Å²) in [7, 11) is 0. The molecule has 4 N–H and O–H groups in total. The molecule has 0 unspecified atom stereocenters. The molecule has 0 saturated heterocycles. The highest BCUT2D eigenvalue weighted by atomic mass is 32.1. The number of carbonyl (C=O) groups is 2. The summed E-state index contributed by atoms with van der Waals surface area (Å²) in [5.41, 5.74) is 10.8. The molecule has 14 heteroatoms. The fourth-order valence-electron chi connectivity index (χ4n) is 1.12.